The molecule has 0 fully saturated rings. The van der Waals surface area contributed by atoms with Crippen LogP contribution in [-0.4, -0.2) is 36.7 Å². The second-order valence-corrected chi connectivity index (χ2v) is 6.76. The number of benzene rings is 1. The topological polar surface area (TPSA) is 162 Å². The number of amidine groups is 1. The molecule has 158 valence electrons. The highest BCUT2D eigenvalue weighted by molar-refractivity contribution is 7.87. The van der Waals surface area contributed by atoms with Crippen molar-refractivity contribution < 1.29 is 40.2 Å². The van der Waals surface area contributed by atoms with Crippen LogP contribution >= 0.6 is 11.6 Å². The van der Waals surface area contributed by atoms with E-state index in [4.69, 9.17) is 16.7 Å². The fourth-order valence-corrected chi connectivity index (χ4v) is 2.14. The van der Waals surface area contributed by atoms with E-state index in [0.29, 0.717) is 0 Å². The van der Waals surface area contributed by atoms with Crippen LogP contribution in [0.25, 0.3) is 0 Å². The van der Waals surface area contributed by atoms with Crippen molar-refractivity contribution in [3.8, 4) is 0 Å². The molecule has 0 aliphatic carbocycles. The zero-order valence-corrected chi connectivity index (χ0v) is 15.3. The molecule has 0 aliphatic rings. The van der Waals surface area contributed by atoms with Crippen molar-refractivity contribution in [2.24, 2.45) is 10.1 Å². The minimum Gasteiger partial charge on any atom is -0.333 e. The molecule has 0 saturated heterocycles. The van der Waals surface area contributed by atoms with E-state index < -0.39 is 46.2 Å². The van der Waals surface area contributed by atoms with Gasteiger partial charge >= 0.3 is 12.1 Å². The molecular weight excluding hydrogens is 452 g/mol. The largest absolute Gasteiger partial charge is 0.493 e. The lowest BCUT2D eigenvalue weighted by atomic mass is 10.3. The van der Waals surface area contributed by atoms with E-state index in [1.165, 1.54) is 0 Å². The lowest BCUT2D eigenvalue weighted by molar-refractivity contribution is -0.203. The van der Waals surface area contributed by atoms with Crippen LogP contribution < -0.4 is 15.3 Å². The van der Waals surface area contributed by atoms with E-state index in [2.05, 4.69) is 24.8 Å². The summed E-state index contributed by atoms with van der Waals surface area (Å²) in [5.41, 5.74) is 0.782. The average molecular weight is 461 g/mol. The number of rotatable bonds is 5. The van der Waals surface area contributed by atoms with E-state index in [1.54, 1.807) is 5.48 Å². The summed E-state index contributed by atoms with van der Waals surface area (Å²) >= 11 is 5.60. The van der Waals surface area contributed by atoms with Gasteiger partial charge < -0.3 is 4.84 Å². The molecule has 2 aromatic rings. The smallest absolute Gasteiger partial charge is 0.333 e. The minimum absolute atomic E-state index is 0.102. The first-order chi connectivity index (χ1) is 13.4. The summed E-state index contributed by atoms with van der Waals surface area (Å²) in [6, 6.07) is 3.00. The highest BCUT2D eigenvalue weighted by Gasteiger charge is 2.42. The second kappa shape index (κ2) is 8.68. The van der Waals surface area contributed by atoms with Crippen LogP contribution in [0.2, 0.25) is 5.02 Å². The number of hydroxylamine groups is 1. The van der Waals surface area contributed by atoms with Crippen LogP contribution in [0.5, 0.6) is 0 Å². The standard InChI is InChI=1S/C12H9ClF4N6O5S/c13-6-3-5(1-2-7(6)14)20-10(23-27-11(24)12(15,16)17)9-8(21-28-22-9)4-19-29(18,25)26/h1-3,19H,4H2,(H,20,23)(H2,18,25,26). The molecule has 0 radical (unpaired) electrons. The van der Waals surface area contributed by atoms with Crippen molar-refractivity contribution in [3.63, 3.8) is 0 Å². The fourth-order valence-electron chi connectivity index (χ4n) is 1.63. The van der Waals surface area contributed by atoms with Crippen LogP contribution in [0.3, 0.4) is 0 Å². The van der Waals surface area contributed by atoms with Crippen molar-refractivity contribution in [1.29, 1.82) is 0 Å². The number of alkyl halides is 3. The van der Waals surface area contributed by atoms with E-state index in [9.17, 15) is 30.8 Å². The number of hydrogen-bond acceptors (Lipinski definition) is 8. The number of nitrogens with two attached hydrogens (primary N) is 1. The molecule has 0 aliphatic heterocycles. The van der Waals surface area contributed by atoms with Crippen molar-refractivity contribution in [2.45, 2.75) is 12.7 Å². The predicted octanol–water partition coefficient (Wildman–Crippen LogP) is 0.844. The Labute approximate surface area is 164 Å². The Bertz CT molecular complexity index is 1040. The first-order valence-corrected chi connectivity index (χ1v) is 8.96. The Hall–Kier alpha value is -2.82. The summed E-state index contributed by atoms with van der Waals surface area (Å²) in [7, 11) is -4.17. The zero-order chi connectivity index (χ0) is 21.8. The van der Waals surface area contributed by atoms with Gasteiger partial charge in [0.15, 0.2) is 11.5 Å². The van der Waals surface area contributed by atoms with Gasteiger partial charge in [0.25, 0.3) is 10.2 Å². The summed E-state index contributed by atoms with van der Waals surface area (Å²) in [5.74, 6) is -4.09. The Kier molecular flexibility index (Phi) is 6.73. The Morgan fingerprint density at radius 1 is 1.34 bits per heavy atom. The maximum Gasteiger partial charge on any atom is 0.493 e. The summed E-state index contributed by atoms with van der Waals surface area (Å²) < 4.78 is 78.5. The molecule has 29 heavy (non-hydrogen) atoms. The fraction of sp³-hybridized carbons (Fsp3) is 0.167. The summed E-state index contributed by atoms with van der Waals surface area (Å²) in [6.45, 7) is -0.601. The normalized spacial score (nSPS) is 12.7. The van der Waals surface area contributed by atoms with Gasteiger partial charge in [0.05, 0.1) is 17.3 Å². The number of carbonyl (C=O) groups is 1. The Morgan fingerprint density at radius 2 is 2.03 bits per heavy atom. The molecule has 1 heterocycles. The molecule has 0 bridgehead atoms. The molecule has 1 aromatic heterocycles. The quantitative estimate of drug-likeness (QED) is 0.256. The van der Waals surface area contributed by atoms with Gasteiger partial charge in [-0.3, -0.25) is 0 Å². The minimum atomic E-state index is -5.34. The van der Waals surface area contributed by atoms with Gasteiger partial charge in [-0.05, 0) is 23.4 Å². The lowest BCUT2D eigenvalue weighted by Gasteiger charge is -2.10. The van der Waals surface area contributed by atoms with Gasteiger partial charge in [0.1, 0.15) is 11.5 Å². The number of aromatic nitrogens is 2. The van der Waals surface area contributed by atoms with Gasteiger partial charge in [-0.25, -0.2) is 23.9 Å². The van der Waals surface area contributed by atoms with Crippen LogP contribution in [0, 0.1) is 5.82 Å². The van der Waals surface area contributed by atoms with Crippen LogP contribution in [-0.2, 0) is 26.4 Å². The lowest BCUT2D eigenvalue weighted by Crippen LogP contribution is -2.36. The maximum atomic E-state index is 13.3. The molecule has 4 N–H and O–H groups in total. The van der Waals surface area contributed by atoms with Crippen molar-refractivity contribution in [3.05, 3.63) is 40.4 Å². The van der Waals surface area contributed by atoms with Gasteiger partial charge in [-0.2, -0.15) is 31.8 Å². The van der Waals surface area contributed by atoms with Crippen LogP contribution in [0.4, 0.5) is 23.2 Å². The average Bonchev–Trinajstić information content (AvgIpc) is 3.06. The van der Waals surface area contributed by atoms with Crippen molar-refractivity contribution in [2.75, 3.05) is 0 Å². The monoisotopic (exact) mass is 460 g/mol. The number of carbonyl (C=O) groups excluding carboxylic acids is 1. The maximum absolute atomic E-state index is 13.3. The van der Waals surface area contributed by atoms with E-state index in [1.807, 2.05) is 4.72 Å². The summed E-state index contributed by atoms with van der Waals surface area (Å²) in [4.78, 5) is 18.6. The molecule has 1 aromatic carbocycles. The molecule has 17 heteroatoms. The third-order valence-electron chi connectivity index (χ3n) is 2.84. The van der Waals surface area contributed by atoms with E-state index >= 15 is 0 Å². The molecular formula is C12H9ClF4N6O5S. The number of hydrogen-bond donors (Lipinski definition) is 3. The van der Waals surface area contributed by atoms with E-state index in [0.717, 1.165) is 18.2 Å². The highest BCUT2D eigenvalue weighted by Crippen LogP contribution is 2.22. The number of aliphatic imine (C=N–C) groups is 1. The van der Waals surface area contributed by atoms with Crippen molar-refractivity contribution >= 4 is 39.3 Å². The summed E-state index contributed by atoms with van der Waals surface area (Å²) in [6.07, 6.45) is -5.34. The third kappa shape index (κ3) is 6.63. The number of nitrogens with one attached hydrogen (secondary N) is 2. The number of halogens is 5. The van der Waals surface area contributed by atoms with Crippen LogP contribution in [0.1, 0.15) is 11.4 Å². The highest BCUT2D eigenvalue weighted by atomic mass is 35.5. The van der Waals surface area contributed by atoms with Crippen LogP contribution in [0.15, 0.2) is 27.8 Å². The first-order valence-electron chi connectivity index (χ1n) is 7.04. The second-order valence-electron chi connectivity index (χ2n) is 4.97. The molecule has 0 spiro atoms. The molecule has 0 unspecified atom stereocenters. The first kappa shape index (κ1) is 22.5. The van der Waals surface area contributed by atoms with Crippen molar-refractivity contribution in [1.82, 2.24) is 20.5 Å². The zero-order valence-electron chi connectivity index (χ0n) is 13.7. The summed E-state index contributed by atoms with van der Waals surface area (Å²) in [5, 5.41) is 11.1. The Morgan fingerprint density at radius 3 is 2.62 bits per heavy atom. The predicted molar refractivity (Wildman–Crippen MR) is 87.1 cm³/mol. The molecule has 0 amide bonds. The SMILES string of the molecule is NS(=O)(=O)NCc1nonc1C(=Nc1ccc(F)c(Cl)c1)NOC(=O)C(F)(F)F. The molecule has 2 rings (SSSR count). The van der Waals surface area contributed by atoms with Gasteiger partial charge in [-0.1, -0.05) is 16.8 Å². The molecule has 11 nitrogen and oxygen atoms in total. The molecule has 0 atom stereocenters. The third-order valence-corrected chi connectivity index (χ3v) is 3.67. The van der Waals surface area contributed by atoms with Gasteiger partial charge in [0.2, 0.25) is 0 Å². The Balaban J connectivity index is 2.39. The van der Waals surface area contributed by atoms with Gasteiger partial charge in [-0.15, -0.1) is 0 Å². The molecule has 0 saturated carbocycles. The van der Waals surface area contributed by atoms with Gasteiger partial charge in [0, 0.05) is 0 Å². The number of nitrogens with zero attached hydrogens (tertiary/aromatic N) is 3. The van der Waals surface area contributed by atoms with E-state index in [-0.39, 0.29) is 16.4 Å².